The molecule has 0 saturated heterocycles. The lowest BCUT2D eigenvalue weighted by Crippen LogP contribution is -2.12. The first kappa shape index (κ1) is 39.4. The molecule has 0 aliphatic rings. The van der Waals surface area contributed by atoms with E-state index in [0.717, 1.165) is 67.4 Å². The minimum Gasteiger partial charge on any atom is -0.311 e. The second kappa shape index (κ2) is 16.2. The van der Waals surface area contributed by atoms with Crippen LogP contribution in [0.1, 0.15) is 0 Å². The maximum atomic E-state index is 14.5. The van der Waals surface area contributed by atoms with Crippen molar-refractivity contribution in [2.24, 2.45) is 0 Å². The first-order chi connectivity index (χ1) is 33.6. The number of benzene rings is 12. The summed E-state index contributed by atoms with van der Waals surface area (Å²) in [5.41, 5.74) is 14.1. The summed E-state index contributed by atoms with van der Waals surface area (Å²) in [6.45, 7) is 0. The van der Waals surface area contributed by atoms with Gasteiger partial charge in [-0.15, -0.1) is 0 Å². The van der Waals surface area contributed by atoms with Gasteiger partial charge in [-0.2, -0.15) is 0 Å². The van der Waals surface area contributed by atoms with Crippen LogP contribution in [0.25, 0.3) is 82.1 Å². The Labute approximate surface area is 393 Å². The van der Waals surface area contributed by atoms with E-state index in [-0.39, 0.29) is 5.82 Å². The summed E-state index contributed by atoms with van der Waals surface area (Å²) in [7, 11) is 0. The van der Waals surface area contributed by atoms with Crippen molar-refractivity contribution in [3.8, 4) is 27.9 Å². The summed E-state index contributed by atoms with van der Waals surface area (Å²) in [5.74, 6) is -0.253. The van der Waals surface area contributed by atoms with Gasteiger partial charge in [0, 0.05) is 50.6 Å². The van der Waals surface area contributed by atoms with Gasteiger partial charge < -0.3 is 14.4 Å². The molecule has 0 atom stereocenters. The summed E-state index contributed by atoms with van der Waals surface area (Å²) in [6, 6.07) is 89.6. The van der Waals surface area contributed by atoms with Crippen LogP contribution in [0.5, 0.6) is 0 Å². The molecule has 1 aromatic heterocycles. The lowest BCUT2D eigenvalue weighted by atomic mass is 9.92. The molecule has 68 heavy (non-hydrogen) atoms. The van der Waals surface area contributed by atoms with Crippen LogP contribution in [-0.4, -0.2) is 4.57 Å². The molecule has 0 unspecified atom stereocenters. The fraction of sp³-hybridized carbons (Fsp3) is 0. The minimum absolute atomic E-state index is 0.253. The molecule has 0 aliphatic carbocycles. The predicted molar refractivity (Wildman–Crippen MR) is 285 cm³/mol. The molecule has 0 bridgehead atoms. The first-order valence-corrected chi connectivity index (χ1v) is 23.1. The smallest absolute Gasteiger partial charge is 0.123 e. The van der Waals surface area contributed by atoms with Gasteiger partial charge in [-0.25, -0.2) is 4.39 Å². The zero-order valence-corrected chi connectivity index (χ0v) is 37.0. The number of hydrogen-bond acceptors (Lipinski definition) is 2. The summed E-state index contributed by atoms with van der Waals surface area (Å²) in [5, 5.41) is 9.84. The van der Waals surface area contributed by atoms with Crippen LogP contribution in [-0.2, 0) is 0 Å². The zero-order valence-electron chi connectivity index (χ0n) is 37.0. The Balaban J connectivity index is 0.928. The van der Waals surface area contributed by atoms with Crippen molar-refractivity contribution in [1.29, 1.82) is 0 Å². The molecule has 0 radical (unpaired) electrons. The second-order valence-corrected chi connectivity index (χ2v) is 17.5. The SMILES string of the molecule is Fc1ccc(-n2c3cc(-c4ccc(N(c5ccc(-c6ccccc6)cc5)c5ccc(N(c6ccccc6)c6ccccc6)cc5)cc4)ccc3c3c4ccc5cccc6ccc(cc32)c4c65)cc1. The van der Waals surface area contributed by atoms with E-state index in [4.69, 9.17) is 0 Å². The maximum Gasteiger partial charge on any atom is 0.123 e. The molecular weight excluding hydrogens is 830 g/mol. The maximum absolute atomic E-state index is 14.5. The normalized spacial score (nSPS) is 11.6. The lowest BCUT2D eigenvalue weighted by Gasteiger charge is -2.28. The highest BCUT2D eigenvalue weighted by atomic mass is 19.1. The molecule has 4 heteroatoms. The molecule has 12 aromatic carbocycles. The first-order valence-electron chi connectivity index (χ1n) is 23.1. The van der Waals surface area contributed by atoms with Crippen molar-refractivity contribution in [3.05, 3.63) is 261 Å². The summed E-state index contributed by atoms with van der Waals surface area (Å²) in [4.78, 5) is 4.61. The number of rotatable bonds is 9. The van der Waals surface area contributed by atoms with E-state index in [1.54, 1.807) is 12.1 Å². The summed E-state index contributed by atoms with van der Waals surface area (Å²) >= 11 is 0. The third kappa shape index (κ3) is 6.65. The third-order valence-electron chi connectivity index (χ3n) is 13.5. The van der Waals surface area contributed by atoms with E-state index in [9.17, 15) is 4.39 Å². The molecule has 13 rings (SSSR count). The van der Waals surface area contributed by atoms with Crippen molar-refractivity contribution in [2.75, 3.05) is 9.80 Å². The van der Waals surface area contributed by atoms with Crippen LogP contribution in [0.2, 0.25) is 0 Å². The van der Waals surface area contributed by atoms with Gasteiger partial charge in [0.15, 0.2) is 0 Å². The van der Waals surface area contributed by atoms with Crippen molar-refractivity contribution < 1.29 is 4.39 Å². The van der Waals surface area contributed by atoms with E-state index in [1.807, 2.05) is 12.1 Å². The van der Waals surface area contributed by atoms with Crippen LogP contribution in [0, 0.1) is 5.82 Å². The number of aromatic nitrogens is 1. The molecular formula is C64H42FN3. The van der Waals surface area contributed by atoms with Gasteiger partial charge in [0.2, 0.25) is 0 Å². The number of nitrogens with zero attached hydrogens (tertiary/aromatic N) is 3. The quantitative estimate of drug-likeness (QED) is 0.134. The Morgan fingerprint density at radius 3 is 1.29 bits per heavy atom. The van der Waals surface area contributed by atoms with Crippen LogP contribution < -0.4 is 9.80 Å². The van der Waals surface area contributed by atoms with E-state index in [1.165, 1.54) is 48.8 Å². The van der Waals surface area contributed by atoms with Crippen molar-refractivity contribution >= 4 is 88.2 Å². The molecule has 0 N–H and O–H groups in total. The molecule has 13 aromatic rings. The molecule has 0 saturated carbocycles. The van der Waals surface area contributed by atoms with Crippen LogP contribution in [0.15, 0.2) is 255 Å². The second-order valence-electron chi connectivity index (χ2n) is 17.5. The average molecular weight is 872 g/mol. The highest BCUT2D eigenvalue weighted by Gasteiger charge is 2.21. The summed E-state index contributed by atoms with van der Waals surface area (Å²) in [6.07, 6.45) is 0. The largest absolute Gasteiger partial charge is 0.311 e. The zero-order chi connectivity index (χ0) is 45.1. The number of hydrogen-bond donors (Lipinski definition) is 0. The van der Waals surface area contributed by atoms with Gasteiger partial charge in [0.1, 0.15) is 5.82 Å². The Kier molecular flexibility index (Phi) is 9.36. The lowest BCUT2D eigenvalue weighted by molar-refractivity contribution is 0.627. The van der Waals surface area contributed by atoms with Gasteiger partial charge in [0.25, 0.3) is 0 Å². The Morgan fingerprint density at radius 2 is 0.721 bits per heavy atom. The highest BCUT2D eigenvalue weighted by molar-refractivity contribution is 6.33. The number of para-hydroxylation sites is 2. The third-order valence-corrected chi connectivity index (χ3v) is 13.5. The van der Waals surface area contributed by atoms with Crippen molar-refractivity contribution in [2.45, 2.75) is 0 Å². The van der Waals surface area contributed by atoms with Crippen LogP contribution in [0.3, 0.4) is 0 Å². The molecule has 0 fully saturated rings. The summed E-state index contributed by atoms with van der Waals surface area (Å²) < 4.78 is 16.8. The number of fused-ring (bicyclic) bond motifs is 4. The van der Waals surface area contributed by atoms with E-state index in [0.29, 0.717) is 0 Å². The molecule has 3 nitrogen and oxygen atoms in total. The van der Waals surface area contributed by atoms with Crippen molar-refractivity contribution in [1.82, 2.24) is 4.57 Å². The minimum atomic E-state index is -0.253. The van der Waals surface area contributed by atoms with E-state index >= 15 is 0 Å². The van der Waals surface area contributed by atoms with E-state index < -0.39 is 0 Å². The Morgan fingerprint density at radius 1 is 0.279 bits per heavy atom. The van der Waals surface area contributed by atoms with Crippen molar-refractivity contribution in [3.63, 3.8) is 0 Å². The van der Waals surface area contributed by atoms with Gasteiger partial charge in [-0.1, -0.05) is 146 Å². The van der Waals surface area contributed by atoms with Crippen LogP contribution >= 0.6 is 0 Å². The topological polar surface area (TPSA) is 11.4 Å². The fourth-order valence-corrected chi connectivity index (χ4v) is 10.4. The Hall–Kier alpha value is -8.99. The predicted octanol–water partition coefficient (Wildman–Crippen LogP) is 18.1. The molecule has 0 amide bonds. The van der Waals surface area contributed by atoms with Gasteiger partial charge in [-0.3, -0.25) is 0 Å². The molecule has 0 aliphatic heterocycles. The standard InChI is InChI=1S/C64H42FN3/c65-50-27-33-57(34-28-50)68-60-41-48(26-39-58(60)64-59-40-25-47-14-10-13-46-19-20-49(42-61(64)68)63(59)62(46)47)45-23-31-54(32-24-45)67(53-29-21-44(22-30-53)43-11-4-1-5-12-43)56-37-35-55(36-38-56)66(51-15-6-2-7-16-51)52-17-8-3-9-18-52/h1-42H. The fourth-order valence-electron chi connectivity index (χ4n) is 10.4. The average Bonchev–Trinajstić information content (AvgIpc) is 3.73. The molecule has 1 heterocycles. The number of halogens is 1. The molecule has 0 spiro atoms. The monoisotopic (exact) mass is 871 g/mol. The van der Waals surface area contributed by atoms with E-state index in [2.05, 4.69) is 245 Å². The Bertz CT molecular complexity index is 3870. The number of anilines is 6. The highest BCUT2D eigenvalue weighted by Crippen LogP contribution is 2.45. The van der Waals surface area contributed by atoms with Gasteiger partial charge in [0.05, 0.1) is 11.0 Å². The van der Waals surface area contributed by atoms with Gasteiger partial charge >= 0.3 is 0 Å². The molecule has 320 valence electrons. The van der Waals surface area contributed by atoms with Crippen LogP contribution in [0.4, 0.5) is 38.5 Å². The van der Waals surface area contributed by atoms with Gasteiger partial charge in [-0.05, 0) is 164 Å².